The highest BCUT2D eigenvalue weighted by atomic mass is 32.2. The van der Waals surface area contributed by atoms with E-state index in [2.05, 4.69) is 9.88 Å². The molecule has 0 bridgehead atoms. The molecule has 1 heterocycles. The summed E-state index contributed by atoms with van der Waals surface area (Å²) in [5.41, 5.74) is 4.76. The predicted octanol–water partition coefficient (Wildman–Crippen LogP) is 1.48. The molecule has 0 aromatic carbocycles. The standard InChI is InChI=1S/C11H17N3O3S2/c12-10(13-15)11(6-2-1-3-7-11)14-19(16,17)9-5-4-8-18-9/h4-5,8,14-15H,1-3,6-7H2,(H2,12,13). The lowest BCUT2D eigenvalue weighted by Crippen LogP contribution is -2.58. The summed E-state index contributed by atoms with van der Waals surface area (Å²) in [7, 11) is -3.63. The maximum absolute atomic E-state index is 12.3. The SMILES string of the molecule is N/C(=N/O)C1(NS(=O)(=O)c2cccs2)CCCCC1. The Morgan fingerprint density at radius 2 is 2.11 bits per heavy atom. The summed E-state index contributed by atoms with van der Waals surface area (Å²) >= 11 is 1.14. The zero-order valence-electron chi connectivity index (χ0n) is 10.4. The largest absolute Gasteiger partial charge is 0.409 e. The van der Waals surface area contributed by atoms with Crippen molar-refractivity contribution in [1.29, 1.82) is 0 Å². The van der Waals surface area contributed by atoms with Crippen LogP contribution < -0.4 is 10.5 Å². The van der Waals surface area contributed by atoms with Gasteiger partial charge in [-0.3, -0.25) is 0 Å². The third kappa shape index (κ3) is 2.90. The Morgan fingerprint density at radius 1 is 1.42 bits per heavy atom. The number of hydrogen-bond donors (Lipinski definition) is 3. The fraction of sp³-hybridized carbons (Fsp3) is 0.545. The second-order valence-corrected chi connectivity index (χ2v) is 7.52. The van der Waals surface area contributed by atoms with E-state index in [1.807, 2.05) is 0 Å². The van der Waals surface area contributed by atoms with Crippen LogP contribution in [-0.4, -0.2) is 25.0 Å². The summed E-state index contributed by atoms with van der Waals surface area (Å²) in [6.07, 6.45) is 3.83. The van der Waals surface area contributed by atoms with Crippen molar-refractivity contribution in [2.45, 2.75) is 41.9 Å². The molecule has 6 nitrogen and oxygen atoms in total. The molecule has 106 valence electrons. The van der Waals surface area contributed by atoms with Crippen molar-refractivity contribution < 1.29 is 13.6 Å². The van der Waals surface area contributed by atoms with Gasteiger partial charge in [-0.05, 0) is 24.3 Å². The zero-order valence-corrected chi connectivity index (χ0v) is 12.0. The molecule has 0 aliphatic heterocycles. The number of nitrogens with two attached hydrogens (primary N) is 1. The lowest BCUT2D eigenvalue weighted by atomic mass is 9.82. The number of sulfonamides is 1. The summed E-state index contributed by atoms with van der Waals surface area (Å²) in [6, 6.07) is 3.21. The van der Waals surface area contributed by atoms with Gasteiger partial charge in [0.2, 0.25) is 0 Å². The van der Waals surface area contributed by atoms with Crippen LogP contribution in [0.4, 0.5) is 0 Å². The van der Waals surface area contributed by atoms with Crippen LogP contribution in [0.15, 0.2) is 26.9 Å². The molecule has 1 aliphatic carbocycles. The molecule has 0 radical (unpaired) electrons. The molecule has 1 aromatic heterocycles. The molecular formula is C11H17N3O3S2. The van der Waals surface area contributed by atoms with Gasteiger partial charge < -0.3 is 10.9 Å². The van der Waals surface area contributed by atoms with Gasteiger partial charge in [0.05, 0.1) is 5.54 Å². The third-order valence-electron chi connectivity index (χ3n) is 3.39. The normalized spacial score (nSPS) is 20.3. The van der Waals surface area contributed by atoms with Gasteiger partial charge in [-0.1, -0.05) is 30.5 Å². The molecule has 1 fully saturated rings. The molecule has 1 aromatic rings. The Hall–Kier alpha value is -1.12. The predicted molar refractivity (Wildman–Crippen MR) is 73.9 cm³/mol. The molecule has 1 aliphatic rings. The van der Waals surface area contributed by atoms with Crippen LogP contribution in [0.5, 0.6) is 0 Å². The highest BCUT2D eigenvalue weighted by molar-refractivity contribution is 7.91. The summed E-state index contributed by atoms with van der Waals surface area (Å²) in [4.78, 5) is 0. The number of nitrogens with zero attached hydrogens (tertiary/aromatic N) is 1. The first-order valence-corrected chi connectivity index (χ1v) is 8.42. The van der Waals surface area contributed by atoms with Gasteiger partial charge in [-0.15, -0.1) is 11.3 Å². The van der Waals surface area contributed by atoms with E-state index in [1.165, 1.54) is 6.07 Å². The first-order valence-electron chi connectivity index (χ1n) is 6.06. The van der Waals surface area contributed by atoms with E-state index < -0.39 is 15.6 Å². The number of thiophene rings is 1. The maximum atomic E-state index is 12.3. The van der Waals surface area contributed by atoms with Crippen molar-refractivity contribution in [2.75, 3.05) is 0 Å². The molecule has 4 N–H and O–H groups in total. The fourth-order valence-corrected chi connectivity index (χ4v) is 4.81. The molecule has 8 heteroatoms. The first kappa shape index (κ1) is 14.3. The Bertz CT molecular complexity index is 546. The molecule has 0 saturated heterocycles. The van der Waals surface area contributed by atoms with Gasteiger partial charge >= 0.3 is 0 Å². The summed E-state index contributed by atoms with van der Waals surface area (Å²) in [5, 5.41) is 13.6. The monoisotopic (exact) mass is 303 g/mol. The highest BCUT2D eigenvalue weighted by Crippen LogP contribution is 2.30. The van der Waals surface area contributed by atoms with Crippen LogP contribution in [0.1, 0.15) is 32.1 Å². The van der Waals surface area contributed by atoms with Gasteiger partial charge in [-0.25, -0.2) is 8.42 Å². The van der Waals surface area contributed by atoms with Crippen LogP contribution in [0.25, 0.3) is 0 Å². The molecule has 2 rings (SSSR count). The number of hydrogen-bond acceptors (Lipinski definition) is 5. The highest BCUT2D eigenvalue weighted by Gasteiger charge is 2.40. The minimum atomic E-state index is -3.63. The van der Waals surface area contributed by atoms with Crippen molar-refractivity contribution in [2.24, 2.45) is 10.9 Å². The second kappa shape index (κ2) is 5.48. The topological polar surface area (TPSA) is 105 Å². The zero-order chi connectivity index (χ0) is 13.9. The number of amidine groups is 1. The van der Waals surface area contributed by atoms with E-state index in [-0.39, 0.29) is 10.0 Å². The van der Waals surface area contributed by atoms with Crippen LogP contribution in [-0.2, 0) is 10.0 Å². The Morgan fingerprint density at radius 3 is 2.63 bits per heavy atom. The second-order valence-electron chi connectivity index (χ2n) is 4.67. The molecule has 0 atom stereocenters. The minimum absolute atomic E-state index is 0.0627. The molecule has 0 amide bonds. The van der Waals surface area contributed by atoms with Crippen LogP contribution in [0, 0.1) is 0 Å². The lowest BCUT2D eigenvalue weighted by molar-refractivity contribution is 0.294. The van der Waals surface area contributed by atoms with Gasteiger partial charge in [0.15, 0.2) is 5.84 Å². The van der Waals surface area contributed by atoms with E-state index in [0.29, 0.717) is 12.8 Å². The van der Waals surface area contributed by atoms with E-state index in [4.69, 9.17) is 10.9 Å². The van der Waals surface area contributed by atoms with E-state index >= 15 is 0 Å². The van der Waals surface area contributed by atoms with Gasteiger partial charge in [0, 0.05) is 0 Å². The number of rotatable bonds is 4. The van der Waals surface area contributed by atoms with Crippen LogP contribution in [0.2, 0.25) is 0 Å². The smallest absolute Gasteiger partial charge is 0.250 e. The first-order chi connectivity index (χ1) is 9.00. The average molecular weight is 303 g/mol. The summed E-state index contributed by atoms with van der Waals surface area (Å²) in [6.45, 7) is 0. The number of nitrogens with one attached hydrogen (secondary N) is 1. The fourth-order valence-electron chi connectivity index (χ4n) is 2.39. The van der Waals surface area contributed by atoms with Gasteiger partial charge in [0.25, 0.3) is 10.0 Å². The Balaban J connectivity index is 2.31. The van der Waals surface area contributed by atoms with Crippen molar-refractivity contribution in [3.8, 4) is 0 Å². The van der Waals surface area contributed by atoms with Crippen LogP contribution in [0.3, 0.4) is 0 Å². The average Bonchev–Trinajstić information content (AvgIpc) is 2.93. The van der Waals surface area contributed by atoms with Gasteiger partial charge in [0.1, 0.15) is 4.21 Å². The van der Waals surface area contributed by atoms with Crippen molar-refractivity contribution in [3.63, 3.8) is 0 Å². The molecule has 1 saturated carbocycles. The van der Waals surface area contributed by atoms with Crippen molar-refractivity contribution >= 4 is 27.2 Å². The number of oxime groups is 1. The molecule has 19 heavy (non-hydrogen) atoms. The molecule has 0 unspecified atom stereocenters. The maximum Gasteiger partial charge on any atom is 0.250 e. The van der Waals surface area contributed by atoms with Gasteiger partial charge in [-0.2, -0.15) is 4.72 Å². The quantitative estimate of drug-likeness (QED) is 0.339. The third-order valence-corrected chi connectivity index (χ3v) is 6.33. The van der Waals surface area contributed by atoms with E-state index in [0.717, 1.165) is 30.6 Å². The molecule has 0 spiro atoms. The van der Waals surface area contributed by atoms with E-state index in [9.17, 15) is 8.42 Å². The lowest BCUT2D eigenvalue weighted by Gasteiger charge is -2.36. The Labute approximate surface area is 116 Å². The molecular weight excluding hydrogens is 286 g/mol. The van der Waals surface area contributed by atoms with E-state index in [1.54, 1.807) is 11.4 Å². The minimum Gasteiger partial charge on any atom is -0.409 e. The summed E-state index contributed by atoms with van der Waals surface area (Å²) < 4.78 is 27.5. The summed E-state index contributed by atoms with van der Waals surface area (Å²) in [5.74, 6) is -0.0627. The Kier molecular flexibility index (Phi) is 4.12. The van der Waals surface area contributed by atoms with Crippen molar-refractivity contribution in [1.82, 2.24) is 4.72 Å². The van der Waals surface area contributed by atoms with Crippen LogP contribution >= 0.6 is 11.3 Å². The van der Waals surface area contributed by atoms with Crippen molar-refractivity contribution in [3.05, 3.63) is 17.5 Å².